The molecular weight excluding hydrogens is 216 g/mol. The Morgan fingerprint density at radius 3 is 3.06 bits per heavy atom. The normalized spacial score (nSPS) is 15.1. The molecule has 4 N–H and O–H groups in total. The molecule has 0 saturated heterocycles. The van der Waals surface area contributed by atoms with E-state index in [9.17, 15) is 4.79 Å². The van der Waals surface area contributed by atoms with Gasteiger partial charge in [-0.15, -0.1) is 0 Å². The summed E-state index contributed by atoms with van der Waals surface area (Å²) in [6.45, 7) is 0.760. The Morgan fingerprint density at radius 2 is 2.29 bits per heavy atom. The monoisotopic (exact) mass is 234 g/mol. The van der Waals surface area contributed by atoms with Crippen LogP contribution < -0.4 is 16.2 Å². The molecule has 0 saturated carbocycles. The lowest BCUT2D eigenvalue weighted by molar-refractivity contribution is -0.118. The molecule has 1 unspecified atom stereocenters. The van der Waals surface area contributed by atoms with Gasteiger partial charge in [0.05, 0.1) is 6.61 Å². The summed E-state index contributed by atoms with van der Waals surface area (Å²) >= 11 is 0. The fourth-order valence-corrected chi connectivity index (χ4v) is 2.10. The van der Waals surface area contributed by atoms with E-state index in [1.807, 2.05) is 12.1 Å². The molecule has 17 heavy (non-hydrogen) atoms. The molecule has 0 aromatic heterocycles. The number of amides is 1. The first kappa shape index (κ1) is 11.9. The van der Waals surface area contributed by atoms with Crippen molar-refractivity contribution in [3.63, 3.8) is 0 Å². The molecule has 0 fully saturated rings. The Labute approximate surface area is 101 Å². The van der Waals surface area contributed by atoms with E-state index in [1.165, 1.54) is 5.56 Å². The number of benzene rings is 1. The summed E-state index contributed by atoms with van der Waals surface area (Å²) in [6.07, 6.45) is 2.88. The van der Waals surface area contributed by atoms with Crippen LogP contribution in [-0.4, -0.2) is 12.5 Å². The number of fused-ring (bicyclic) bond motifs is 1. The van der Waals surface area contributed by atoms with Crippen LogP contribution in [0.2, 0.25) is 0 Å². The Morgan fingerprint density at radius 1 is 1.47 bits per heavy atom. The third-order valence-electron chi connectivity index (χ3n) is 3.08. The van der Waals surface area contributed by atoms with Gasteiger partial charge in [-0.1, -0.05) is 12.1 Å². The highest BCUT2D eigenvalue weighted by Gasteiger charge is 2.14. The van der Waals surface area contributed by atoms with Crippen LogP contribution >= 0.6 is 0 Å². The average molecular weight is 234 g/mol. The molecular formula is C13H18N2O2. The van der Waals surface area contributed by atoms with E-state index in [0.717, 1.165) is 37.2 Å². The van der Waals surface area contributed by atoms with E-state index in [1.54, 1.807) is 0 Å². The fourth-order valence-electron chi connectivity index (χ4n) is 2.10. The number of primary amides is 1. The lowest BCUT2D eigenvalue weighted by atomic mass is 9.99. The highest BCUT2D eigenvalue weighted by atomic mass is 16.5. The molecule has 1 aliphatic heterocycles. The maximum absolute atomic E-state index is 10.6. The van der Waals surface area contributed by atoms with Gasteiger partial charge in [0.25, 0.3) is 0 Å². The Hall–Kier alpha value is -1.55. The number of hydrogen-bond donors (Lipinski definition) is 2. The van der Waals surface area contributed by atoms with Gasteiger partial charge in [-0.3, -0.25) is 4.79 Å². The number of hydrogen-bond acceptors (Lipinski definition) is 3. The summed E-state index contributed by atoms with van der Waals surface area (Å²) < 4.78 is 5.44. The van der Waals surface area contributed by atoms with Gasteiger partial charge in [0.2, 0.25) is 5.91 Å². The molecule has 4 heteroatoms. The average Bonchev–Trinajstić information content (AvgIpc) is 2.75. The second-order valence-electron chi connectivity index (χ2n) is 4.43. The SMILES string of the molecule is NC(=O)CCCC(N)c1ccc2c(c1)CCO2. The number of ether oxygens (including phenoxy) is 1. The zero-order valence-corrected chi connectivity index (χ0v) is 9.82. The lowest BCUT2D eigenvalue weighted by Gasteiger charge is -2.12. The van der Waals surface area contributed by atoms with Crippen molar-refractivity contribution in [1.29, 1.82) is 0 Å². The Kier molecular flexibility index (Phi) is 3.64. The van der Waals surface area contributed by atoms with Crippen molar-refractivity contribution in [2.75, 3.05) is 6.61 Å². The van der Waals surface area contributed by atoms with Crippen molar-refractivity contribution in [2.24, 2.45) is 11.5 Å². The molecule has 0 aliphatic carbocycles. The Balaban J connectivity index is 1.95. The van der Waals surface area contributed by atoms with Crippen molar-refractivity contribution < 1.29 is 9.53 Å². The second-order valence-corrected chi connectivity index (χ2v) is 4.43. The summed E-state index contributed by atoms with van der Waals surface area (Å²) in [5.41, 5.74) is 13.5. The minimum absolute atomic E-state index is 0.0275. The van der Waals surface area contributed by atoms with Crippen LogP contribution in [0, 0.1) is 0 Å². The predicted molar refractivity (Wildman–Crippen MR) is 65.6 cm³/mol. The van der Waals surface area contributed by atoms with Gasteiger partial charge in [-0.25, -0.2) is 0 Å². The first-order chi connectivity index (χ1) is 8.16. The van der Waals surface area contributed by atoms with E-state index < -0.39 is 0 Å². The van der Waals surface area contributed by atoms with Crippen LogP contribution in [-0.2, 0) is 11.2 Å². The molecule has 2 rings (SSSR count). The molecule has 0 radical (unpaired) electrons. The highest BCUT2D eigenvalue weighted by Crippen LogP contribution is 2.28. The van der Waals surface area contributed by atoms with Crippen LogP contribution in [0.15, 0.2) is 18.2 Å². The summed E-state index contributed by atoms with van der Waals surface area (Å²) in [4.78, 5) is 10.6. The minimum Gasteiger partial charge on any atom is -0.493 e. The maximum atomic E-state index is 10.6. The zero-order chi connectivity index (χ0) is 12.3. The van der Waals surface area contributed by atoms with Gasteiger partial charge in [0, 0.05) is 18.9 Å². The first-order valence-corrected chi connectivity index (χ1v) is 5.96. The van der Waals surface area contributed by atoms with Crippen LogP contribution in [0.3, 0.4) is 0 Å². The van der Waals surface area contributed by atoms with Gasteiger partial charge in [0.1, 0.15) is 5.75 Å². The van der Waals surface area contributed by atoms with Crippen LogP contribution in [0.5, 0.6) is 5.75 Å². The molecule has 1 heterocycles. The molecule has 0 bridgehead atoms. The number of rotatable bonds is 5. The quantitative estimate of drug-likeness (QED) is 0.805. The largest absolute Gasteiger partial charge is 0.493 e. The van der Waals surface area contributed by atoms with Crippen molar-refractivity contribution in [3.05, 3.63) is 29.3 Å². The summed E-state index contributed by atoms with van der Waals surface area (Å²) in [6, 6.07) is 6.06. The standard InChI is InChI=1S/C13H18N2O2/c14-11(2-1-3-13(15)16)9-4-5-12-10(8-9)6-7-17-12/h4-5,8,11H,1-3,6-7,14H2,(H2,15,16). The van der Waals surface area contributed by atoms with E-state index in [2.05, 4.69) is 6.07 Å². The smallest absolute Gasteiger partial charge is 0.217 e. The molecule has 0 spiro atoms. The van der Waals surface area contributed by atoms with Crippen LogP contribution in [0.25, 0.3) is 0 Å². The third-order valence-corrected chi connectivity index (χ3v) is 3.08. The van der Waals surface area contributed by atoms with Crippen LogP contribution in [0.1, 0.15) is 36.4 Å². The van der Waals surface area contributed by atoms with E-state index in [0.29, 0.717) is 6.42 Å². The molecule has 1 atom stereocenters. The summed E-state index contributed by atoms with van der Waals surface area (Å²) in [7, 11) is 0. The molecule has 92 valence electrons. The number of nitrogens with two attached hydrogens (primary N) is 2. The first-order valence-electron chi connectivity index (χ1n) is 5.96. The second kappa shape index (κ2) is 5.19. The molecule has 1 aromatic rings. The van der Waals surface area contributed by atoms with E-state index in [4.69, 9.17) is 16.2 Å². The van der Waals surface area contributed by atoms with Crippen molar-refractivity contribution in [2.45, 2.75) is 31.7 Å². The molecule has 4 nitrogen and oxygen atoms in total. The van der Waals surface area contributed by atoms with Gasteiger partial charge >= 0.3 is 0 Å². The van der Waals surface area contributed by atoms with Crippen LogP contribution in [0.4, 0.5) is 0 Å². The van der Waals surface area contributed by atoms with E-state index in [-0.39, 0.29) is 11.9 Å². The van der Waals surface area contributed by atoms with Gasteiger partial charge in [0.15, 0.2) is 0 Å². The fraction of sp³-hybridized carbons (Fsp3) is 0.462. The summed E-state index contributed by atoms with van der Waals surface area (Å²) in [5, 5.41) is 0. The van der Waals surface area contributed by atoms with E-state index >= 15 is 0 Å². The summed E-state index contributed by atoms with van der Waals surface area (Å²) in [5.74, 6) is 0.706. The predicted octanol–water partition coefficient (Wildman–Crippen LogP) is 1.28. The van der Waals surface area contributed by atoms with Gasteiger partial charge < -0.3 is 16.2 Å². The van der Waals surface area contributed by atoms with Gasteiger partial charge in [-0.05, 0) is 30.0 Å². The highest BCUT2D eigenvalue weighted by molar-refractivity contribution is 5.73. The van der Waals surface area contributed by atoms with Crippen molar-refractivity contribution in [1.82, 2.24) is 0 Å². The number of carbonyl (C=O) groups excluding carboxylic acids is 1. The minimum atomic E-state index is -0.264. The molecule has 1 aromatic carbocycles. The van der Waals surface area contributed by atoms with Gasteiger partial charge in [-0.2, -0.15) is 0 Å². The molecule has 1 aliphatic rings. The van der Waals surface area contributed by atoms with Crippen molar-refractivity contribution >= 4 is 5.91 Å². The molecule has 1 amide bonds. The number of carbonyl (C=O) groups is 1. The van der Waals surface area contributed by atoms with Crippen molar-refractivity contribution in [3.8, 4) is 5.75 Å². The topological polar surface area (TPSA) is 78.3 Å². The third kappa shape index (κ3) is 2.97. The maximum Gasteiger partial charge on any atom is 0.217 e. The Bertz CT molecular complexity index is 418. The zero-order valence-electron chi connectivity index (χ0n) is 9.82. The lowest BCUT2D eigenvalue weighted by Crippen LogP contribution is -2.14.